The van der Waals surface area contributed by atoms with E-state index in [0.717, 1.165) is 6.54 Å². The maximum absolute atomic E-state index is 5.90. The van der Waals surface area contributed by atoms with E-state index in [4.69, 9.17) is 5.73 Å². The lowest BCUT2D eigenvalue weighted by atomic mass is 10.1. The molecule has 0 bridgehead atoms. The van der Waals surface area contributed by atoms with Gasteiger partial charge in [0, 0.05) is 37.9 Å². The molecule has 0 aliphatic heterocycles. The summed E-state index contributed by atoms with van der Waals surface area (Å²) < 4.78 is 1.82. The van der Waals surface area contributed by atoms with Gasteiger partial charge in [-0.3, -0.25) is 9.58 Å². The largest absolute Gasteiger partial charge is 0.329 e. The molecule has 4 heteroatoms. The van der Waals surface area contributed by atoms with Crippen molar-refractivity contribution in [3.63, 3.8) is 0 Å². The highest BCUT2D eigenvalue weighted by molar-refractivity contribution is 5.19. The lowest BCUT2D eigenvalue weighted by molar-refractivity contribution is 0.242. The van der Waals surface area contributed by atoms with Crippen molar-refractivity contribution in [2.45, 2.75) is 12.6 Å². The minimum absolute atomic E-state index is 0.242. The van der Waals surface area contributed by atoms with Crippen molar-refractivity contribution in [2.24, 2.45) is 12.8 Å². The van der Waals surface area contributed by atoms with Crippen molar-refractivity contribution in [1.82, 2.24) is 14.7 Å². The van der Waals surface area contributed by atoms with Crippen LogP contribution in [0.4, 0.5) is 0 Å². The molecule has 0 fully saturated rings. The highest BCUT2D eigenvalue weighted by Crippen LogP contribution is 2.19. The minimum atomic E-state index is 0.242. The maximum Gasteiger partial charge on any atom is 0.0534 e. The molecule has 2 N–H and O–H groups in total. The Kier molecular flexibility index (Phi) is 4.12. The van der Waals surface area contributed by atoms with E-state index in [1.807, 2.05) is 30.2 Å². The van der Waals surface area contributed by atoms with E-state index in [0.29, 0.717) is 6.54 Å². The van der Waals surface area contributed by atoms with Gasteiger partial charge in [0.2, 0.25) is 0 Å². The molecule has 1 heterocycles. The van der Waals surface area contributed by atoms with E-state index in [2.05, 4.69) is 41.3 Å². The summed E-state index contributed by atoms with van der Waals surface area (Å²) in [7, 11) is 4.03. The molecular weight excluding hydrogens is 224 g/mol. The summed E-state index contributed by atoms with van der Waals surface area (Å²) in [6, 6.07) is 10.6. The van der Waals surface area contributed by atoms with Crippen LogP contribution >= 0.6 is 0 Å². The number of hydrogen-bond donors (Lipinski definition) is 1. The second-order valence-corrected chi connectivity index (χ2v) is 4.60. The summed E-state index contributed by atoms with van der Waals surface area (Å²) in [6.07, 6.45) is 3.93. The fraction of sp³-hybridized carbons (Fsp3) is 0.357. The van der Waals surface area contributed by atoms with Gasteiger partial charge in [0.25, 0.3) is 0 Å². The molecule has 2 rings (SSSR count). The third-order valence-electron chi connectivity index (χ3n) is 3.13. The predicted octanol–water partition coefficient (Wildman–Crippen LogP) is 1.55. The summed E-state index contributed by atoms with van der Waals surface area (Å²) in [5.74, 6) is 0. The Bertz CT molecular complexity index is 478. The van der Waals surface area contributed by atoms with Crippen molar-refractivity contribution < 1.29 is 0 Å². The van der Waals surface area contributed by atoms with Gasteiger partial charge in [0.05, 0.1) is 6.20 Å². The van der Waals surface area contributed by atoms with E-state index < -0.39 is 0 Å². The van der Waals surface area contributed by atoms with E-state index in [1.54, 1.807) is 0 Å². The molecule has 0 spiro atoms. The molecule has 96 valence electrons. The minimum Gasteiger partial charge on any atom is -0.329 e. The number of aromatic nitrogens is 2. The van der Waals surface area contributed by atoms with Gasteiger partial charge in [-0.1, -0.05) is 30.3 Å². The topological polar surface area (TPSA) is 47.1 Å². The molecular formula is C14H20N4. The molecule has 2 aromatic rings. The van der Waals surface area contributed by atoms with Crippen molar-refractivity contribution in [2.75, 3.05) is 13.6 Å². The SMILES string of the molecule is CN(Cc1cnn(C)c1)C(CN)c1ccccc1. The Morgan fingerprint density at radius 3 is 2.61 bits per heavy atom. The molecule has 1 unspecified atom stereocenters. The highest BCUT2D eigenvalue weighted by atomic mass is 15.2. The van der Waals surface area contributed by atoms with Gasteiger partial charge < -0.3 is 5.73 Å². The molecule has 0 saturated heterocycles. The number of rotatable bonds is 5. The van der Waals surface area contributed by atoms with Crippen LogP contribution in [0.15, 0.2) is 42.7 Å². The second kappa shape index (κ2) is 5.80. The van der Waals surface area contributed by atoms with Gasteiger partial charge in [0.1, 0.15) is 0 Å². The van der Waals surface area contributed by atoms with Gasteiger partial charge in [-0.2, -0.15) is 5.10 Å². The number of likely N-dealkylation sites (N-methyl/N-ethyl adjacent to an activating group) is 1. The monoisotopic (exact) mass is 244 g/mol. The summed E-state index contributed by atoms with van der Waals surface area (Å²) >= 11 is 0. The quantitative estimate of drug-likeness (QED) is 0.868. The molecule has 0 radical (unpaired) electrons. The maximum atomic E-state index is 5.90. The van der Waals surface area contributed by atoms with Crippen molar-refractivity contribution >= 4 is 0 Å². The molecule has 1 aromatic carbocycles. The van der Waals surface area contributed by atoms with E-state index in [9.17, 15) is 0 Å². The molecule has 0 aliphatic rings. The third-order valence-corrected chi connectivity index (χ3v) is 3.13. The molecule has 1 atom stereocenters. The molecule has 0 aliphatic carbocycles. The first-order valence-corrected chi connectivity index (χ1v) is 6.13. The average Bonchev–Trinajstić information content (AvgIpc) is 2.77. The van der Waals surface area contributed by atoms with Crippen LogP contribution < -0.4 is 5.73 Å². The fourth-order valence-electron chi connectivity index (χ4n) is 2.20. The van der Waals surface area contributed by atoms with Gasteiger partial charge in [-0.05, 0) is 12.6 Å². The van der Waals surface area contributed by atoms with Crippen LogP contribution in [0.2, 0.25) is 0 Å². The number of hydrogen-bond acceptors (Lipinski definition) is 3. The molecule has 0 saturated carbocycles. The first kappa shape index (κ1) is 12.8. The Labute approximate surface area is 108 Å². The number of aryl methyl sites for hydroxylation is 1. The Hall–Kier alpha value is -1.65. The van der Waals surface area contributed by atoms with E-state index >= 15 is 0 Å². The van der Waals surface area contributed by atoms with Crippen LogP contribution in [0.3, 0.4) is 0 Å². The standard InChI is InChI=1S/C14H20N4/c1-17(10-12-9-16-18(2)11-12)14(8-15)13-6-4-3-5-7-13/h3-7,9,11,14H,8,10,15H2,1-2H3. The lowest BCUT2D eigenvalue weighted by Gasteiger charge is -2.26. The van der Waals surface area contributed by atoms with Gasteiger partial charge in [-0.25, -0.2) is 0 Å². The van der Waals surface area contributed by atoms with Crippen LogP contribution in [0.5, 0.6) is 0 Å². The van der Waals surface area contributed by atoms with Crippen molar-refractivity contribution in [1.29, 1.82) is 0 Å². The Morgan fingerprint density at radius 2 is 2.06 bits per heavy atom. The molecule has 4 nitrogen and oxygen atoms in total. The molecule has 0 amide bonds. The van der Waals surface area contributed by atoms with Crippen LogP contribution in [0.25, 0.3) is 0 Å². The van der Waals surface area contributed by atoms with Crippen LogP contribution in [-0.4, -0.2) is 28.3 Å². The lowest BCUT2D eigenvalue weighted by Crippen LogP contribution is -2.30. The van der Waals surface area contributed by atoms with Crippen LogP contribution in [0, 0.1) is 0 Å². The van der Waals surface area contributed by atoms with Gasteiger partial charge >= 0.3 is 0 Å². The first-order valence-electron chi connectivity index (χ1n) is 6.13. The summed E-state index contributed by atoms with van der Waals surface area (Å²) in [5, 5.41) is 4.19. The van der Waals surface area contributed by atoms with E-state index in [1.165, 1.54) is 11.1 Å². The van der Waals surface area contributed by atoms with Crippen molar-refractivity contribution in [3.8, 4) is 0 Å². The summed E-state index contributed by atoms with van der Waals surface area (Å²) in [4.78, 5) is 2.26. The Morgan fingerprint density at radius 1 is 1.33 bits per heavy atom. The molecule has 1 aromatic heterocycles. The smallest absolute Gasteiger partial charge is 0.0534 e. The number of nitrogens with two attached hydrogens (primary N) is 1. The zero-order valence-electron chi connectivity index (χ0n) is 11.0. The summed E-state index contributed by atoms with van der Waals surface area (Å²) in [6.45, 7) is 1.46. The zero-order valence-corrected chi connectivity index (χ0v) is 11.0. The van der Waals surface area contributed by atoms with Gasteiger partial charge in [0.15, 0.2) is 0 Å². The predicted molar refractivity (Wildman–Crippen MR) is 72.9 cm³/mol. The number of nitrogens with zero attached hydrogens (tertiary/aromatic N) is 3. The van der Waals surface area contributed by atoms with Gasteiger partial charge in [-0.15, -0.1) is 0 Å². The Balaban J connectivity index is 2.08. The number of benzene rings is 1. The third kappa shape index (κ3) is 2.97. The average molecular weight is 244 g/mol. The van der Waals surface area contributed by atoms with E-state index in [-0.39, 0.29) is 6.04 Å². The first-order chi connectivity index (χ1) is 8.70. The second-order valence-electron chi connectivity index (χ2n) is 4.60. The zero-order chi connectivity index (χ0) is 13.0. The van der Waals surface area contributed by atoms with Crippen LogP contribution in [-0.2, 0) is 13.6 Å². The normalized spacial score (nSPS) is 12.9. The molecule has 18 heavy (non-hydrogen) atoms. The van der Waals surface area contributed by atoms with Crippen molar-refractivity contribution in [3.05, 3.63) is 53.9 Å². The summed E-state index contributed by atoms with van der Waals surface area (Å²) in [5.41, 5.74) is 8.36. The highest BCUT2D eigenvalue weighted by Gasteiger charge is 2.15. The fourth-order valence-corrected chi connectivity index (χ4v) is 2.20. The van der Waals surface area contributed by atoms with Crippen LogP contribution in [0.1, 0.15) is 17.2 Å².